The van der Waals surface area contributed by atoms with E-state index in [-0.39, 0.29) is 24.1 Å². The molecule has 0 unspecified atom stereocenters. The average molecular weight is 561 g/mol. The van der Waals surface area contributed by atoms with Crippen molar-refractivity contribution in [2.24, 2.45) is 0 Å². The standard InChI is InChI=1S/C29H36N8O4/c1-21(36-12-3-11-31-36)16-25(38)33-14-9-29(41,10-15-33)19-35-20-30-26-24(27(35)39)17-32-37(26)23-6-4-22(5-7-23)34-13-8-28(2,40)18-34/h3-7,11-12,17,20-21,40-41H,8-10,13-16,18-19H2,1-2H3/t21-,28+/m0/s1. The summed E-state index contributed by atoms with van der Waals surface area (Å²) in [5.74, 6) is 0.0306. The predicted molar refractivity (Wildman–Crippen MR) is 153 cm³/mol. The molecular weight excluding hydrogens is 524 g/mol. The monoisotopic (exact) mass is 560 g/mol. The van der Waals surface area contributed by atoms with E-state index in [0.29, 0.717) is 49.9 Å². The van der Waals surface area contributed by atoms with Crippen LogP contribution in [0.25, 0.3) is 16.7 Å². The van der Waals surface area contributed by atoms with Gasteiger partial charge in [0.15, 0.2) is 5.65 Å². The highest BCUT2D eigenvalue weighted by Gasteiger charge is 2.35. The number of aliphatic hydroxyl groups is 2. The number of aromatic nitrogens is 6. The molecule has 0 aliphatic carbocycles. The maximum absolute atomic E-state index is 13.3. The van der Waals surface area contributed by atoms with Crippen molar-refractivity contribution in [3.05, 3.63) is 65.6 Å². The summed E-state index contributed by atoms with van der Waals surface area (Å²) >= 11 is 0. The molecule has 2 atom stereocenters. The van der Waals surface area contributed by atoms with Crippen molar-refractivity contribution in [2.45, 2.75) is 63.3 Å². The van der Waals surface area contributed by atoms with Crippen LogP contribution < -0.4 is 10.5 Å². The Bertz CT molecular complexity index is 1580. The summed E-state index contributed by atoms with van der Waals surface area (Å²) in [6.07, 6.45) is 8.33. The SMILES string of the molecule is C[C@@H](CC(=O)N1CCC(O)(Cn2cnc3c(cnn3-c3ccc(N4CC[C@@](C)(O)C4)cc3)c2=O)CC1)n1cccn1. The van der Waals surface area contributed by atoms with Crippen LogP contribution in [0, 0.1) is 0 Å². The zero-order valence-corrected chi connectivity index (χ0v) is 23.4. The van der Waals surface area contributed by atoms with Gasteiger partial charge in [-0.3, -0.25) is 18.8 Å². The molecular formula is C29H36N8O4. The molecule has 0 spiro atoms. The number of hydrogen-bond acceptors (Lipinski definition) is 8. The molecule has 0 radical (unpaired) electrons. The van der Waals surface area contributed by atoms with Crippen LogP contribution in [-0.4, -0.2) is 87.5 Å². The largest absolute Gasteiger partial charge is 0.388 e. The Morgan fingerprint density at radius 1 is 1.05 bits per heavy atom. The predicted octanol–water partition coefficient (Wildman–Crippen LogP) is 1.74. The number of carbonyl (C=O) groups excluding carboxylic acids is 1. The number of β-amino-alcohol motifs (C(OH)–C–C–N with tert-alkyl or cyclic N) is 1. The average Bonchev–Trinajstić information content (AvgIpc) is 3.71. The minimum Gasteiger partial charge on any atom is -0.388 e. The van der Waals surface area contributed by atoms with Gasteiger partial charge in [0.1, 0.15) is 11.7 Å². The van der Waals surface area contributed by atoms with Crippen molar-refractivity contribution >= 4 is 22.6 Å². The molecule has 41 heavy (non-hydrogen) atoms. The molecule has 12 heteroatoms. The van der Waals surface area contributed by atoms with Gasteiger partial charge < -0.3 is 20.0 Å². The Morgan fingerprint density at radius 3 is 2.44 bits per heavy atom. The number of hydrogen-bond donors (Lipinski definition) is 2. The van der Waals surface area contributed by atoms with E-state index in [1.54, 1.807) is 20.5 Å². The number of anilines is 1. The van der Waals surface area contributed by atoms with Crippen LogP contribution in [0.2, 0.25) is 0 Å². The van der Waals surface area contributed by atoms with E-state index >= 15 is 0 Å². The zero-order valence-electron chi connectivity index (χ0n) is 23.4. The highest BCUT2D eigenvalue weighted by Crippen LogP contribution is 2.28. The lowest BCUT2D eigenvalue weighted by Gasteiger charge is -2.38. The quantitative estimate of drug-likeness (QED) is 0.349. The first kappa shape index (κ1) is 27.2. The zero-order chi connectivity index (χ0) is 28.8. The number of nitrogens with zero attached hydrogens (tertiary/aromatic N) is 8. The highest BCUT2D eigenvalue weighted by molar-refractivity contribution is 5.77. The molecule has 0 bridgehead atoms. The fraction of sp³-hybridized carbons (Fsp3) is 0.483. The van der Waals surface area contributed by atoms with Crippen LogP contribution in [0.1, 0.15) is 45.6 Å². The molecule has 2 saturated heterocycles. The molecule has 1 aromatic carbocycles. The summed E-state index contributed by atoms with van der Waals surface area (Å²) in [4.78, 5) is 34.6. The lowest BCUT2D eigenvalue weighted by molar-refractivity contribution is -0.136. The molecule has 12 nitrogen and oxygen atoms in total. The van der Waals surface area contributed by atoms with Crippen molar-refractivity contribution in [3.63, 3.8) is 0 Å². The Hall–Kier alpha value is -4.03. The van der Waals surface area contributed by atoms with Crippen molar-refractivity contribution in [1.29, 1.82) is 0 Å². The molecule has 216 valence electrons. The Kier molecular flexibility index (Phi) is 6.90. The third-order valence-electron chi connectivity index (χ3n) is 8.42. The van der Waals surface area contributed by atoms with E-state index in [2.05, 4.69) is 20.1 Å². The van der Waals surface area contributed by atoms with Gasteiger partial charge in [0.05, 0.1) is 35.7 Å². The highest BCUT2D eigenvalue weighted by atomic mass is 16.3. The number of benzene rings is 1. The minimum absolute atomic E-state index is 0.0306. The number of carbonyl (C=O) groups is 1. The van der Waals surface area contributed by atoms with Gasteiger partial charge in [-0.05, 0) is 63.4 Å². The molecule has 1 amide bonds. The van der Waals surface area contributed by atoms with E-state index in [1.807, 2.05) is 50.4 Å². The first-order valence-corrected chi connectivity index (χ1v) is 14.1. The smallest absolute Gasteiger partial charge is 0.264 e. The van der Waals surface area contributed by atoms with Gasteiger partial charge in [-0.2, -0.15) is 10.2 Å². The summed E-state index contributed by atoms with van der Waals surface area (Å²) in [5.41, 5.74) is 0.181. The van der Waals surface area contributed by atoms with Gasteiger partial charge in [0, 0.05) is 50.7 Å². The lowest BCUT2D eigenvalue weighted by Crippen LogP contribution is -2.49. The van der Waals surface area contributed by atoms with Crippen LogP contribution in [0.4, 0.5) is 5.69 Å². The maximum Gasteiger partial charge on any atom is 0.264 e. The Morgan fingerprint density at radius 2 is 1.78 bits per heavy atom. The molecule has 2 aliphatic heterocycles. The Balaban J connectivity index is 1.11. The second-order valence-electron chi connectivity index (χ2n) is 11.8. The van der Waals surface area contributed by atoms with Crippen LogP contribution in [0.5, 0.6) is 0 Å². The summed E-state index contributed by atoms with van der Waals surface area (Å²) in [5, 5.41) is 30.6. The molecule has 2 N–H and O–H groups in total. The summed E-state index contributed by atoms with van der Waals surface area (Å²) in [6, 6.07) is 9.61. The van der Waals surface area contributed by atoms with Gasteiger partial charge in [-0.1, -0.05) is 0 Å². The fourth-order valence-corrected chi connectivity index (χ4v) is 5.88. The molecule has 3 aromatic heterocycles. The lowest BCUT2D eigenvalue weighted by atomic mass is 9.91. The van der Waals surface area contributed by atoms with Crippen LogP contribution in [0.3, 0.4) is 0 Å². The number of fused-ring (bicyclic) bond motifs is 1. The van der Waals surface area contributed by atoms with Crippen molar-refractivity contribution in [3.8, 4) is 5.69 Å². The van der Waals surface area contributed by atoms with Gasteiger partial charge >= 0.3 is 0 Å². The molecule has 2 aliphatic rings. The number of amides is 1. The van der Waals surface area contributed by atoms with Crippen LogP contribution in [0.15, 0.2) is 60.0 Å². The number of piperidine rings is 1. The molecule has 2 fully saturated rings. The summed E-state index contributed by atoms with van der Waals surface area (Å²) in [7, 11) is 0. The molecule has 5 heterocycles. The topological polar surface area (TPSA) is 135 Å². The van der Waals surface area contributed by atoms with E-state index in [9.17, 15) is 19.8 Å². The second kappa shape index (κ2) is 10.4. The summed E-state index contributed by atoms with van der Waals surface area (Å²) < 4.78 is 4.84. The van der Waals surface area contributed by atoms with E-state index in [4.69, 9.17) is 0 Å². The van der Waals surface area contributed by atoms with Gasteiger partial charge in [0.2, 0.25) is 5.91 Å². The molecule has 6 rings (SSSR count). The normalized spacial score (nSPS) is 21.5. The molecule has 0 saturated carbocycles. The molecule has 4 aromatic rings. The summed E-state index contributed by atoms with van der Waals surface area (Å²) in [6.45, 7) is 6.14. The first-order valence-electron chi connectivity index (χ1n) is 14.1. The maximum atomic E-state index is 13.3. The fourth-order valence-electron chi connectivity index (χ4n) is 5.88. The third-order valence-corrected chi connectivity index (χ3v) is 8.42. The van der Waals surface area contributed by atoms with Gasteiger partial charge in [-0.15, -0.1) is 0 Å². The van der Waals surface area contributed by atoms with Gasteiger partial charge in [0.25, 0.3) is 5.56 Å². The van der Waals surface area contributed by atoms with Crippen molar-refractivity contribution in [2.75, 3.05) is 31.1 Å². The first-order chi connectivity index (χ1) is 19.6. The van der Waals surface area contributed by atoms with E-state index < -0.39 is 11.2 Å². The van der Waals surface area contributed by atoms with E-state index in [1.165, 1.54) is 17.1 Å². The van der Waals surface area contributed by atoms with Crippen LogP contribution in [-0.2, 0) is 11.3 Å². The number of likely N-dealkylation sites (tertiary alicyclic amines) is 1. The Labute approximate surface area is 237 Å². The third kappa shape index (κ3) is 5.49. The van der Waals surface area contributed by atoms with E-state index in [0.717, 1.165) is 24.3 Å². The second-order valence-corrected chi connectivity index (χ2v) is 11.8. The van der Waals surface area contributed by atoms with Crippen molar-refractivity contribution in [1.82, 2.24) is 34.0 Å². The van der Waals surface area contributed by atoms with Crippen LogP contribution >= 0.6 is 0 Å². The van der Waals surface area contributed by atoms with Crippen molar-refractivity contribution < 1.29 is 15.0 Å². The van der Waals surface area contributed by atoms with Gasteiger partial charge in [-0.25, -0.2) is 9.67 Å². The minimum atomic E-state index is -1.12. The number of rotatable bonds is 7.